The molecule has 0 aliphatic rings. The lowest BCUT2D eigenvalue weighted by atomic mass is 10.2. The van der Waals surface area contributed by atoms with E-state index in [1.807, 2.05) is 12.1 Å². The first-order valence-corrected chi connectivity index (χ1v) is 5.12. The van der Waals surface area contributed by atoms with Crippen LogP contribution in [0.1, 0.15) is 0 Å². The largest absolute Gasteiger partial charge is 0.391 e. The molecule has 3 nitrogen and oxygen atoms in total. The van der Waals surface area contributed by atoms with Gasteiger partial charge in [-0.3, -0.25) is 0 Å². The highest BCUT2D eigenvalue weighted by Gasteiger charge is 2.05. The number of nitrogens with two attached hydrogens (primary N) is 2. The summed E-state index contributed by atoms with van der Waals surface area (Å²) >= 11 is 1.59. The number of anilines is 2. The molecule has 2 heterocycles. The van der Waals surface area contributed by atoms with Gasteiger partial charge < -0.3 is 16.5 Å². The van der Waals surface area contributed by atoms with Crippen LogP contribution in [0, 0.1) is 0 Å². The van der Waals surface area contributed by atoms with Crippen LogP contribution in [0.2, 0.25) is 0 Å². The molecule has 0 unspecified atom stereocenters. The normalized spacial score (nSPS) is 11.4. The Kier molecular flexibility index (Phi) is 1.33. The van der Waals surface area contributed by atoms with Crippen molar-refractivity contribution in [2.75, 3.05) is 11.5 Å². The smallest absolute Gasteiger partial charge is 0.101 e. The molecule has 0 amide bonds. The van der Waals surface area contributed by atoms with E-state index in [2.05, 4.69) is 17.1 Å². The van der Waals surface area contributed by atoms with Crippen LogP contribution in [-0.2, 0) is 0 Å². The maximum absolute atomic E-state index is 5.76. The summed E-state index contributed by atoms with van der Waals surface area (Å²) in [6.07, 6.45) is 0. The summed E-state index contributed by atoms with van der Waals surface area (Å²) in [4.78, 5) is 3.15. The Bertz CT molecular complexity index is 565. The molecule has 0 aliphatic heterocycles. The highest BCUT2D eigenvalue weighted by molar-refractivity contribution is 7.23. The number of H-pyrrole nitrogens is 1. The summed E-state index contributed by atoms with van der Waals surface area (Å²) in [5, 5.41) is 3.14. The molecule has 0 radical (unpaired) electrons. The number of aromatic nitrogens is 1. The van der Waals surface area contributed by atoms with Gasteiger partial charge in [-0.2, -0.15) is 0 Å². The number of fused-ring (bicyclic) bond motifs is 3. The number of hydrogen-bond donors (Lipinski definition) is 3. The van der Waals surface area contributed by atoms with E-state index in [1.54, 1.807) is 11.3 Å². The first kappa shape index (κ1) is 7.70. The van der Waals surface area contributed by atoms with E-state index in [-0.39, 0.29) is 0 Å². The third kappa shape index (κ3) is 0.914. The fourth-order valence-corrected chi connectivity index (χ4v) is 2.67. The minimum Gasteiger partial charge on any atom is -0.391 e. The van der Waals surface area contributed by atoms with Gasteiger partial charge in [0.15, 0.2) is 0 Å². The lowest BCUT2D eigenvalue weighted by Gasteiger charge is -1.90. The quantitative estimate of drug-likeness (QED) is 0.525. The molecule has 2 aromatic heterocycles. The number of benzene rings is 1. The average molecular weight is 203 g/mol. The van der Waals surface area contributed by atoms with Gasteiger partial charge in [0.2, 0.25) is 0 Å². The molecule has 3 aromatic rings. The highest BCUT2D eigenvalue weighted by atomic mass is 32.1. The molecule has 3 rings (SSSR count). The summed E-state index contributed by atoms with van der Waals surface area (Å²) in [5.41, 5.74) is 12.6. The number of rotatable bonds is 0. The Morgan fingerprint density at radius 1 is 1.07 bits per heavy atom. The molecule has 70 valence electrons. The van der Waals surface area contributed by atoms with Gasteiger partial charge in [-0.1, -0.05) is 12.1 Å². The number of nitrogens with one attached hydrogen (secondary N) is 1. The standard InChI is InChI=1S/C10H9N3S/c11-7-3-5-1-2-6-4-8(12)14-10(6)9(5)13-7/h1-4,13H,11-12H2. The fraction of sp³-hybridized carbons (Fsp3) is 0. The Morgan fingerprint density at radius 2 is 1.86 bits per heavy atom. The summed E-state index contributed by atoms with van der Waals surface area (Å²) < 4.78 is 1.18. The van der Waals surface area contributed by atoms with Crippen LogP contribution < -0.4 is 11.5 Å². The lowest BCUT2D eigenvalue weighted by molar-refractivity contribution is 1.49. The molecular weight excluding hydrogens is 194 g/mol. The molecule has 0 atom stereocenters. The maximum atomic E-state index is 5.76. The van der Waals surface area contributed by atoms with Crippen LogP contribution in [0.4, 0.5) is 10.8 Å². The van der Waals surface area contributed by atoms with Crippen molar-refractivity contribution in [1.82, 2.24) is 4.98 Å². The van der Waals surface area contributed by atoms with E-state index in [1.165, 1.54) is 10.1 Å². The molecule has 0 saturated heterocycles. The zero-order chi connectivity index (χ0) is 9.71. The van der Waals surface area contributed by atoms with Crippen molar-refractivity contribution in [2.45, 2.75) is 0 Å². The predicted octanol–water partition coefficient (Wildman–Crippen LogP) is 2.55. The second-order valence-electron chi connectivity index (χ2n) is 3.32. The van der Waals surface area contributed by atoms with Crippen molar-refractivity contribution >= 4 is 43.1 Å². The third-order valence-electron chi connectivity index (χ3n) is 2.32. The molecule has 4 heteroatoms. The van der Waals surface area contributed by atoms with Gasteiger partial charge in [0.05, 0.1) is 15.2 Å². The molecule has 0 spiro atoms. The predicted molar refractivity (Wildman–Crippen MR) is 62.5 cm³/mol. The maximum Gasteiger partial charge on any atom is 0.101 e. The van der Waals surface area contributed by atoms with Crippen LogP contribution >= 0.6 is 11.3 Å². The van der Waals surface area contributed by atoms with Gasteiger partial charge in [-0.15, -0.1) is 11.3 Å². The van der Waals surface area contributed by atoms with Crippen LogP contribution in [0.25, 0.3) is 21.0 Å². The van der Waals surface area contributed by atoms with Gasteiger partial charge in [0.25, 0.3) is 0 Å². The number of nitrogen functional groups attached to an aromatic ring is 2. The zero-order valence-corrected chi connectivity index (χ0v) is 8.19. The van der Waals surface area contributed by atoms with Gasteiger partial charge in [0, 0.05) is 5.39 Å². The molecular formula is C10H9N3S. The molecule has 0 bridgehead atoms. The first-order chi connectivity index (χ1) is 6.74. The Balaban J connectivity index is 2.58. The van der Waals surface area contributed by atoms with E-state index < -0.39 is 0 Å². The first-order valence-electron chi connectivity index (χ1n) is 4.30. The Labute approximate surface area is 84.3 Å². The van der Waals surface area contributed by atoms with Crippen LogP contribution in [0.5, 0.6) is 0 Å². The minimum absolute atomic E-state index is 0.694. The third-order valence-corrected chi connectivity index (χ3v) is 3.32. The van der Waals surface area contributed by atoms with Crippen LogP contribution in [0.15, 0.2) is 24.3 Å². The van der Waals surface area contributed by atoms with Crippen LogP contribution in [0.3, 0.4) is 0 Å². The summed E-state index contributed by atoms with van der Waals surface area (Å²) in [6.45, 7) is 0. The Hall–Kier alpha value is -1.68. The molecule has 1 aromatic carbocycles. The number of hydrogen-bond acceptors (Lipinski definition) is 3. The van der Waals surface area contributed by atoms with Crippen molar-refractivity contribution < 1.29 is 0 Å². The van der Waals surface area contributed by atoms with Crippen molar-refractivity contribution in [1.29, 1.82) is 0 Å². The van der Waals surface area contributed by atoms with Crippen molar-refractivity contribution in [2.24, 2.45) is 0 Å². The van der Waals surface area contributed by atoms with Gasteiger partial charge >= 0.3 is 0 Å². The monoisotopic (exact) mass is 203 g/mol. The van der Waals surface area contributed by atoms with E-state index in [9.17, 15) is 0 Å². The Morgan fingerprint density at radius 3 is 2.71 bits per heavy atom. The summed E-state index contributed by atoms with van der Waals surface area (Å²) in [5.74, 6) is 0.694. The van der Waals surface area contributed by atoms with E-state index in [0.717, 1.165) is 15.9 Å². The van der Waals surface area contributed by atoms with Crippen molar-refractivity contribution in [3.63, 3.8) is 0 Å². The van der Waals surface area contributed by atoms with Gasteiger partial charge in [-0.05, 0) is 17.5 Å². The van der Waals surface area contributed by atoms with E-state index in [4.69, 9.17) is 11.5 Å². The molecule has 0 saturated carbocycles. The molecule has 14 heavy (non-hydrogen) atoms. The van der Waals surface area contributed by atoms with Crippen molar-refractivity contribution in [3.8, 4) is 0 Å². The second-order valence-corrected chi connectivity index (χ2v) is 4.41. The van der Waals surface area contributed by atoms with E-state index >= 15 is 0 Å². The summed E-state index contributed by atoms with van der Waals surface area (Å²) in [6, 6.07) is 8.04. The molecule has 0 fully saturated rings. The molecule has 0 aliphatic carbocycles. The van der Waals surface area contributed by atoms with Crippen molar-refractivity contribution in [3.05, 3.63) is 24.3 Å². The summed E-state index contributed by atoms with van der Waals surface area (Å²) in [7, 11) is 0. The second kappa shape index (κ2) is 2.42. The van der Waals surface area contributed by atoms with E-state index in [0.29, 0.717) is 5.82 Å². The number of thiophene rings is 1. The number of aromatic amines is 1. The van der Waals surface area contributed by atoms with Gasteiger partial charge in [0.1, 0.15) is 5.82 Å². The lowest BCUT2D eigenvalue weighted by Crippen LogP contribution is -1.80. The highest BCUT2D eigenvalue weighted by Crippen LogP contribution is 2.34. The topological polar surface area (TPSA) is 67.8 Å². The van der Waals surface area contributed by atoms with Crippen LogP contribution in [-0.4, -0.2) is 4.98 Å². The van der Waals surface area contributed by atoms with Gasteiger partial charge in [-0.25, -0.2) is 0 Å². The fourth-order valence-electron chi connectivity index (χ4n) is 1.74. The minimum atomic E-state index is 0.694. The molecule has 5 N–H and O–H groups in total. The SMILES string of the molecule is Nc1cc2ccc3cc(N)sc3c2[nH]1. The average Bonchev–Trinajstić information content (AvgIpc) is 2.65. The zero-order valence-electron chi connectivity index (χ0n) is 7.37.